The fourth-order valence-electron chi connectivity index (χ4n) is 0.771. The van der Waals surface area contributed by atoms with Crippen molar-refractivity contribution in [1.29, 1.82) is 0 Å². The van der Waals surface area contributed by atoms with Crippen LogP contribution in [0.1, 0.15) is 17.9 Å². The van der Waals surface area contributed by atoms with Gasteiger partial charge in [0.2, 0.25) is 0 Å². The lowest BCUT2D eigenvalue weighted by Gasteiger charge is -1.87. The molecule has 1 rings (SSSR count). The van der Waals surface area contributed by atoms with Gasteiger partial charge in [-0.15, -0.1) is 0 Å². The van der Waals surface area contributed by atoms with Crippen molar-refractivity contribution < 1.29 is 14.4 Å². The zero-order chi connectivity index (χ0) is 8.27. The van der Waals surface area contributed by atoms with Crippen molar-refractivity contribution in [2.45, 2.75) is 19.8 Å². The van der Waals surface area contributed by atoms with E-state index in [-0.39, 0.29) is 6.42 Å². The van der Waals surface area contributed by atoms with Gasteiger partial charge in [-0.1, -0.05) is 5.16 Å². The Hall–Kier alpha value is -1.32. The Balaban J connectivity index is 2.45. The summed E-state index contributed by atoms with van der Waals surface area (Å²) in [5, 5.41) is 12.0. The second-order valence-corrected chi connectivity index (χ2v) is 2.32. The predicted molar refractivity (Wildman–Crippen MR) is 37.2 cm³/mol. The van der Waals surface area contributed by atoms with Crippen LogP contribution >= 0.6 is 0 Å². The first-order valence-corrected chi connectivity index (χ1v) is 3.32. The molecule has 1 heterocycles. The normalized spacial score (nSPS) is 9.91. The second kappa shape index (κ2) is 3.18. The lowest BCUT2D eigenvalue weighted by atomic mass is 10.2. The maximum absolute atomic E-state index is 10.1. The third kappa shape index (κ3) is 2.41. The average molecular weight is 156 g/mol. The van der Waals surface area contributed by atoms with Crippen molar-refractivity contribution in [3.63, 3.8) is 0 Å². The van der Waals surface area contributed by atoms with Gasteiger partial charge in [-0.25, -0.2) is 0 Å². The molecule has 0 spiro atoms. The highest BCUT2D eigenvalue weighted by Gasteiger charge is 2.02. The van der Waals surface area contributed by atoms with Crippen molar-refractivity contribution in [3.8, 4) is 0 Å². The maximum atomic E-state index is 10.1. The van der Waals surface area contributed by atoms with E-state index >= 15 is 0 Å². The summed E-state index contributed by atoms with van der Waals surface area (Å²) in [4.78, 5) is 10.1. The molecule has 0 aliphatic heterocycles. The summed E-state index contributed by atoms with van der Waals surface area (Å²) in [7, 11) is 0. The average Bonchev–Trinajstić information content (AvgIpc) is 2.31. The van der Waals surface area contributed by atoms with Gasteiger partial charge in [0.25, 0.3) is 0 Å². The Morgan fingerprint density at radius 3 is 3.00 bits per heavy atom. The standard InChI is InChI=1S/C7H9NO3/c1-5-4-6(8-11-5)2-3-7(9)10/h4H,2-3H2,1H3,(H,9,10)/i8+1. The molecular weight excluding hydrogens is 147 g/mol. The fourth-order valence-corrected chi connectivity index (χ4v) is 0.771. The molecule has 0 radical (unpaired) electrons. The Bertz CT molecular complexity index is 254. The van der Waals surface area contributed by atoms with Gasteiger partial charge < -0.3 is 9.63 Å². The summed E-state index contributed by atoms with van der Waals surface area (Å²) in [6.07, 6.45) is 0.540. The van der Waals surface area contributed by atoms with Crippen LogP contribution in [0.2, 0.25) is 0 Å². The summed E-state index contributed by atoms with van der Waals surface area (Å²) in [6, 6.07) is 1.74. The van der Waals surface area contributed by atoms with Gasteiger partial charge >= 0.3 is 5.97 Å². The monoisotopic (exact) mass is 156 g/mol. The van der Waals surface area contributed by atoms with Crippen LogP contribution in [0.4, 0.5) is 0 Å². The molecule has 0 unspecified atom stereocenters. The Labute approximate surface area is 63.8 Å². The summed E-state index contributed by atoms with van der Waals surface area (Å²) in [5.41, 5.74) is 0.699. The molecular formula is C7H9NO3. The zero-order valence-electron chi connectivity index (χ0n) is 6.20. The fraction of sp³-hybridized carbons (Fsp3) is 0.429. The number of aryl methyl sites for hydroxylation is 2. The van der Waals surface area contributed by atoms with Gasteiger partial charge in [-0.3, -0.25) is 4.79 Å². The van der Waals surface area contributed by atoms with Gasteiger partial charge in [0, 0.05) is 12.5 Å². The highest BCUT2D eigenvalue weighted by Crippen LogP contribution is 2.03. The van der Waals surface area contributed by atoms with Gasteiger partial charge in [0.15, 0.2) is 0 Å². The molecule has 0 aliphatic carbocycles. The van der Waals surface area contributed by atoms with Crippen LogP contribution in [-0.4, -0.2) is 16.2 Å². The van der Waals surface area contributed by atoms with E-state index in [4.69, 9.17) is 9.63 Å². The van der Waals surface area contributed by atoms with E-state index in [2.05, 4.69) is 5.16 Å². The zero-order valence-corrected chi connectivity index (χ0v) is 6.20. The van der Waals surface area contributed by atoms with Gasteiger partial charge in [-0.2, -0.15) is 0 Å². The molecule has 60 valence electrons. The highest BCUT2D eigenvalue weighted by molar-refractivity contribution is 5.66. The molecule has 0 aliphatic rings. The minimum absolute atomic E-state index is 0.103. The number of hydrogen-bond donors (Lipinski definition) is 1. The minimum Gasteiger partial charge on any atom is -0.481 e. The number of aliphatic carboxylic acids is 1. The Morgan fingerprint density at radius 1 is 1.82 bits per heavy atom. The number of carbonyl (C=O) groups is 1. The maximum Gasteiger partial charge on any atom is 0.303 e. The quantitative estimate of drug-likeness (QED) is 0.709. The van der Waals surface area contributed by atoms with E-state index in [1.54, 1.807) is 13.0 Å². The molecule has 1 N–H and O–H groups in total. The SMILES string of the molecule is Cc1cc(CCC(=O)O)[15n]o1. The van der Waals surface area contributed by atoms with Crippen LogP contribution in [0.25, 0.3) is 0 Å². The van der Waals surface area contributed by atoms with Crippen LogP contribution in [0.15, 0.2) is 10.6 Å². The first-order valence-electron chi connectivity index (χ1n) is 3.32. The van der Waals surface area contributed by atoms with Crippen LogP contribution in [0.3, 0.4) is 0 Å². The van der Waals surface area contributed by atoms with Crippen molar-refractivity contribution >= 4 is 5.97 Å². The third-order valence-corrected chi connectivity index (χ3v) is 1.27. The van der Waals surface area contributed by atoms with E-state index in [1.807, 2.05) is 0 Å². The highest BCUT2D eigenvalue weighted by atomic mass is 16.6. The number of aromatic nitrogens is 1. The number of carboxylic acids is 1. The van der Waals surface area contributed by atoms with Crippen LogP contribution < -0.4 is 0 Å². The number of carboxylic acid groups (broad SMARTS) is 1. The first-order chi connectivity index (χ1) is 5.18. The number of rotatable bonds is 3. The second-order valence-electron chi connectivity index (χ2n) is 2.32. The predicted octanol–water partition coefficient (Wildman–Crippen LogP) is 1.00. The smallest absolute Gasteiger partial charge is 0.303 e. The molecule has 11 heavy (non-hydrogen) atoms. The van der Waals surface area contributed by atoms with Crippen molar-refractivity contribution in [3.05, 3.63) is 17.5 Å². The van der Waals surface area contributed by atoms with Gasteiger partial charge in [-0.05, 0) is 6.92 Å². The van der Waals surface area contributed by atoms with E-state index < -0.39 is 5.97 Å². The van der Waals surface area contributed by atoms with Crippen molar-refractivity contribution in [2.24, 2.45) is 0 Å². The molecule has 4 nitrogen and oxygen atoms in total. The van der Waals surface area contributed by atoms with Gasteiger partial charge in [0.05, 0.1) is 12.1 Å². The summed E-state index contributed by atoms with van der Waals surface area (Å²) in [5.74, 6) is -0.101. The Kier molecular flexibility index (Phi) is 2.25. The molecule has 0 saturated heterocycles. The summed E-state index contributed by atoms with van der Waals surface area (Å²) in [6.45, 7) is 1.78. The van der Waals surface area contributed by atoms with E-state index in [0.29, 0.717) is 17.9 Å². The van der Waals surface area contributed by atoms with Gasteiger partial charge in [0.1, 0.15) is 5.76 Å². The summed E-state index contributed by atoms with van der Waals surface area (Å²) < 4.78 is 4.75. The van der Waals surface area contributed by atoms with E-state index in [0.717, 1.165) is 0 Å². The molecule has 0 fully saturated rings. The largest absolute Gasteiger partial charge is 0.481 e. The first kappa shape index (κ1) is 7.78. The topological polar surface area (TPSA) is 63.3 Å². The Morgan fingerprint density at radius 2 is 2.55 bits per heavy atom. The summed E-state index contributed by atoms with van der Waals surface area (Å²) >= 11 is 0. The lowest BCUT2D eigenvalue weighted by Crippen LogP contribution is -1.97. The lowest BCUT2D eigenvalue weighted by molar-refractivity contribution is -0.136. The van der Waals surface area contributed by atoms with Crippen molar-refractivity contribution in [2.75, 3.05) is 0 Å². The molecule has 1 aromatic rings. The molecule has 0 aromatic carbocycles. The van der Waals surface area contributed by atoms with Crippen molar-refractivity contribution in [1.82, 2.24) is 5.16 Å². The van der Waals surface area contributed by atoms with E-state index in [1.165, 1.54) is 0 Å². The molecule has 0 saturated carbocycles. The third-order valence-electron chi connectivity index (χ3n) is 1.27. The molecule has 0 atom stereocenters. The molecule has 0 bridgehead atoms. The minimum atomic E-state index is -0.814. The van der Waals surface area contributed by atoms with Crippen LogP contribution in [0.5, 0.6) is 0 Å². The molecule has 4 heteroatoms. The molecule has 0 amide bonds. The van der Waals surface area contributed by atoms with E-state index in [9.17, 15) is 4.79 Å². The number of nitrogens with zero attached hydrogens (tertiary/aromatic N) is 1. The molecule has 1 aromatic heterocycles. The van der Waals surface area contributed by atoms with Crippen LogP contribution in [-0.2, 0) is 11.2 Å². The van der Waals surface area contributed by atoms with Crippen LogP contribution in [0, 0.1) is 6.92 Å². The number of hydrogen-bond acceptors (Lipinski definition) is 3.